The lowest BCUT2D eigenvalue weighted by atomic mass is 9.82. The number of hydrogen-bond acceptors (Lipinski definition) is 2. The summed E-state index contributed by atoms with van der Waals surface area (Å²) in [5.74, 6) is 0. The number of hydrogen-bond donors (Lipinski definition) is 0. The second kappa shape index (κ2) is 3.97. The first-order valence-electron chi connectivity index (χ1n) is 5.59. The summed E-state index contributed by atoms with van der Waals surface area (Å²) in [6.07, 6.45) is 5.33. The van der Waals surface area contributed by atoms with Gasteiger partial charge in [-0.1, -0.05) is 6.92 Å². The van der Waals surface area contributed by atoms with Gasteiger partial charge in [-0.25, -0.2) is 0 Å². The lowest BCUT2D eigenvalue weighted by Gasteiger charge is -2.36. The molecule has 76 valence electrons. The normalized spacial score (nSPS) is 29.3. The standard InChI is InChI=1S/C11H21NO/c1-11(4-8-13-9-5-11)10-12-6-2-3-7-12/h2-10H2,1H3. The lowest BCUT2D eigenvalue weighted by Crippen LogP contribution is -2.38. The van der Waals surface area contributed by atoms with Crippen LogP contribution in [0.25, 0.3) is 0 Å². The maximum Gasteiger partial charge on any atom is 0.0471 e. The third-order valence-electron chi connectivity index (χ3n) is 3.50. The Balaban J connectivity index is 1.83. The fourth-order valence-corrected chi connectivity index (χ4v) is 2.50. The van der Waals surface area contributed by atoms with Crippen molar-refractivity contribution in [1.82, 2.24) is 4.90 Å². The zero-order chi connectivity index (χ0) is 9.15. The van der Waals surface area contributed by atoms with Gasteiger partial charge in [-0.2, -0.15) is 0 Å². The van der Waals surface area contributed by atoms with Crippen LogP contribution in [-0.2, 0) is 4.74 Å². The largest absolute Gasteiger partial charge is 0.381 e. The van der Waals surface area contributed by atoms with E-state index in [0.717, 1.165) is 13.2 Å². The van der Waals surface area contributed by atoms with Crippen molar-refractivity contribution in [3.05, 3.63) is 0 Å². The molecule has 0 amide bonds. The summed E-state index contributed by atoms with van der Waals surface area (Å²) < 4.78 is 5.41. The van der Waals surface area contributed by atoms with Gasteiger partial charge in [0.15, 0.2) is 0 Å². The van der Waals surface area contributed by atoms with Crippen LogP contribution in [0, 0.1) is 5.41 Å². The summed E-state index contributed by atoms with van der Waals surface area (Å²) in [6, 6.07) is 0. The van der Waals surface area contributed by atoms with Crippen molar-refractivity contribution in [2.75, 3.05) is 32.8 Å². The molecule has 0 bridgehead atoms. The molecule has 2 heteroatoms. The molecule has 2 aliphatic rings. The van der Waals surface area contributed by atoms with Crippen LogP contribution in [0.2, 0.25) is 0 Å². The molecule has 2 saturated heterocycles. The first-order valence-corrected chi connectivity index (χ1v) is 5.59. The molecule has 0 spiro atoms. The fourth-order valence-electron chi connectivity index (χ4n) is 2.50. The second-order valence-corrected chi connectivity index (χ2v) is 4.91. The zero-order valence-electron chi connectivity index (χ0n) is 8.72. The van der Waals surface area contributed by atoms with Gasteiger partial charge in [-0.05, 0) is 44.2 Å². The van der Waals surface area contributed by atoms with Crippen molar-refractivity contribution in [2.24, 2.45) is 5.41 Å². The topological polar surface area (TPSA) is 12.5 Å². The molecule has 13 heavy (non-hydrogen) atoms. The average molecular weight is 183 g/mol. The highest BCUT2D eigenvalue weighted by molar-refractivity contribution is 4.82. The molecule has 0 aliphatic carbocycles. The van der Waals surface area contributed by atoms with Crippen molar-refractivity contribution in [3.63, 3.8) is 0 Å². The highest BCUT2D eigenvalue weighted by Crippen LogP contribution is 2.31. The van der Waals surface area contributed by atoms with E-state index in [-0.39, 0.29) is 0 Å². The minimum atomic E-state index is 0.544. The van der Waals surface area contributed by atoms with Crippen LogP contribution in [0.5, 0.6) is 0 Å². The molecule has 0 unspecified atom stereocenters. The Bertz CT molecular complexity index is 157. The molecule has 2 heterocycles. The number of nitrogens with zero attached hydrogens (tertiary/aromatic N) is 1. The highest BCUT2D eigenvalue weighted by atomic mass is 16.5. The Morgan fingerprint density at radius 1 is 1.15 bits per heavy atom. The van der Waals surface area contributed by atoms with Gasteiger partial charge in [0.25, 0.3) is 0 Å². The molecule has 0 N–H and O–H groups in total. The third kappa shape index (κ3) is 2.44. The smallest absolute Gasteiger partial charge is 0.0471 e. The van der Waals surface area contributed by atoms with Gasteiger partial charge in [-0.3, -0.25) is 0 Å². The quantitative estimate of drug-likeness (QED) is 0.648. The van der Waals surface area contributed by atoms with Gasteiger partial charge in [0.2, 0.25) is 0 Å². The van der Waals surface area contributed by atoms with Crippen LogP contribution < -0.4 is 0 Å². The van der Waals surface area contributed by atoms with Crippen molar-refractivity contribution in [2.45, 2.75) is 32.6 Å². The Labute approximate surface area is 81.3 Å². The van der Waals surface area contributed by atoms with E-state index in [0.29, 0.717) is 5.41 Å². The zero-order valence-corrected chi connectivity index (χ0v) is 8.72. The van der Waals surface area contributed by atoms with E-state index in [1.807, 2.05) is 0 Å². The highest BCUT2D eigenvalue weighted by Gasteiger charge is 2.30. The van der Waals surface area contributed by atoms with E-state index >= 15 is 0 Å². The molecule has 2 aliphatic heterocycles. The summed E-state index contributed by atoms with van der Waals surface area (Å²) in [7, 11) is 0. The van der Waals surface area contributed by atoms with Crippen molar-refractivity contribution >= 4 is 0 Å². The van der Waals surface area contributed by atoms with Crippen LogP contribution in [0.1, 0.15) is 32.6 Å². The maximum absolute atomic E-state index is 5.41. The molecule has 2 fully saturated rings. The van der Waals surface area contributed by atoms with Crippen LogP contribution in [0.3, 0.4) is 0 Å². The predicted octanol–water partition coefficient (Wildman–Crippen LogP) is 1.90. The molecular weight excluding hydrogens is 162 g/mol. The van der Waals surface area contributed by atoms with Gasteiger partial charge in [0.05, 0.1) is 0 Å². The fraction of sp³-hybridized carbons (Fsp3) is 1.00. The minimum Gasteiger partial charge on any atom is -0.381 e. The van der Waals surface area contributed by atoms with Gasteiger partial charge in [-0.15, -0.1) is 0 Å². The third-order valence-corrected chi connectivity index (χ3v) is 3.50. The molecule has 2 nitrogen and oxygen atoms in total. The molecule has 0 aromatic heterocycles. The van der Waals surface area contributed by atoms with Crippen molar-refractivity contribution in [3.8, 4) is 0 Å². The van der Waals surface area contributed by atoms with Crippen molar-refractivity contribution in [1.29, 1.82) is 0 Å². The van der Waals surface area contributed by atoms with Gasteiger partial charge < -0.3 is 9.64 Å². The van der Waals surface area contributed by atoms with E-state index in [1.54, 1.807) is 0 Å². The van der Waals surface area contributed by atoms with Gasteiger partial charge in [0.1, 0.15) is 0 Å². The number of ether oxygens (including phenoxy) is 1. The summed E-state index contributed by atoms with van der Waals surface area (Å²) in [6.45, 7) is 8.34. The maximum atomic E-state index is 5.41. The van der Waals surface area contributed by atoms with Crippen LogP contribution in [0.15, 0.2) is 0 Å². The number of rotatable bonds is 2. The minimum absolute atomic E-state index is 0.544. The molecule has 0 aromatic rings. The molecule has 0 atom stereocenters. The summed E-state index contributed by atoms with van der Waals surface area (Å²) in [5, 5.41) is 0. The van der Waals surface area contributed by atoms with Crippen molar-refractivity contribution < 1.29 is 4.74 Å². The lowest BCUT2D eigenvalue weighted by molar-refractivity contribution is 0.00855. The summed E-state index contributed by atoms with van der Waals surface area (Å²) in [4.78, 5) is 2.63. The van der Waals surface area contributed by atoms with Gasteiger partial charge in [0, 0.05) is 19.8 Å². The first kappa shape index (κ1) is 9.47. The van der Waals surface area contributed by atoms with Crippen LogP contribution >= 0.6 is 0 Å². The predicted molar refractivity (Wildman–Crippen MR) is 53.8 cm³/mol. The van der Waals surface area contributed by atoms with Crippen LogP contribution in [-0.4, -0.2) is 37.7 Å². The van der Waals surface area contributed by atoms with Gasteiger partial charge >= 0.3 is 0 Å². The molecule has 0 aromatic carbocycles. The monoisotopic (exact) mass is 183 g/mol. The van der Waals surface area contributed by atoms with E-state index in [1.165, 1.54) is 45.3 Å². The molecule has 0 saturated carbocycles. The Kier molecular flexibility index (Phi) is 2.89. The first-order chi connectivity index (χ1) is 6.29. The molecule has 2 rings (SSSR count). The summed E-state index contributed by atoms with van der Waals surface area (Å²) in [5.41, 5.74) is 0.544. The number of likely N-dealkylation sites (tertiary alicyclic amines) is 1. The van der Waals surface area contributed by atoms with E-state index < -0.39 is 0 Å². The molecular formula is C11H21NO. The Hall–Kier alpha value is -0.0800. The van der Waals surface area contributed by atoms with E-state index in [9.17, 15) is 0 Å². The Morgan fingerprint density at radius 2 is 1.77 bits per heavy atom. The average Bonchev–Trinajstić information content (AvgIpc) is 2.57. The SMILES string of the molecule is CC1(CN2CCCC2)CCOCC1. The van der Waals surface area contributed by atoms with E-state index in [4.69, 9.17) is 4.74 Å². The molecule has 0 radical (unpaired) electrons. The van der Waals surface area contributed by atoms with Crippen LogP contribution in [0.4, 0.5) is 0 Å². The second-order valence-electron chi connectivity index (χ2n) is 4.91. The van der Waals surface area contributed by atoms with E-state index in [2.05, 4.69) is 11.8 Å². The Morgan fingerprint density at radius 3 is 2.38 bits per heavy atom. The summed E-state index contributed by atoms with van der Waals surface area (Å²) >= 11 is 0.